The summed E-state index contributed by atoms with van der Waals surface area (Å²) in [4.78, 5) is 13.3. The standard InChI is InChI=1S/C27H33F3N4O3/c1-36-22-4-3-16(10-23(22)37-2)21-11-24(27(28,29)30)34-25(33-21)20(13-32-34)26(35)31-12-19-17-6-14-5-15(8-17)9-18(19)7-14/h3-4,10,13-15,17-19,21,24,33H,5-9,11-12H2,1-2H3,(H,31,35). The summed E-state index contributed by atoms with van der Waals surface area (Å²) in [5.74, 6) is 4.08. The monoisotopic (exact) mass is 518 g/mol. The van der Waals surface area contributed by atoms with Crippen molar-refractivity contribution in [2.45, 2.75) is 56.8 Å². The average molecular weight is 519 g/mol. The number of methoxy groups -OCH3 is 2. The number of hydrogen-bond acceptors (Lipinski definition) is 5. The number of amides is 1. The second-order valence-electron chi connectivity index (χ2n) is 11.3. The van der Waals surface area contributed by atoms with Gasteiger partial charge in [0.25, 0.3) is 5.91 Å². The summed E-state index contributed by atoms with van der Waals surface area (Å²) in [5.41, 5.74) is 0.752. The highest BCUT2D eigenvalue weighted by Crippen LogP contribution is 2.56. The van der Waals surface area contributed by atoms with Crippen molar-refractivity contribution in [2.24, 2.45) is 29.6 Å². The Kier molecular flexibility index (Phi) is 6.03. The fourth-order valence-corrected chi connectivity index (χ4v) is 7.69. The molecule has 0 spiro atoms. The van der Waals surface area contributed by atoms with Crippen LogP contribution in [0.2, 0.25) is 0 Å². The van der Waals surface area contributed by atoms with Crippen molar-refractivity contribution in [2.75, 3.05) is 26.1 Å². The third kappa shape index (κ3) is 4.32. The van der Waals surface area contributed by atoms with E-state index in [1.165, 1.54) is 52.5 Å². The highest BCUT2D eigenvalue weighted by molar-refractivity contribution is 5.98. The van der Waals surface area contributed by atoms with Gasteiger partial charge in [0.2, 0.25) is 0 Å². The summed E-state index contributed by atoms with van der Waals surface area (Å²) in [6, 6.07) is 2.51. The fourth-order valence-electron chi connectivity index (χ4n) is 7.69. The number of alkyl halides is 3. The molecule has 1 aromatic heterocycles. The SMILES string of the molecule is COc1ccc(C2CC(C(F)(F)F)n3ncc(C(=O)NCC4C5CC6CC(C5)CC4C6)c3N2)cc1OC. The largest absolute Gasteiger partial charge is 0.493 e. The lowest BCUT2D eigenvalue weighted by atomic mass is 9.52. The number of aromatic nitrogens is 2. The molecule has 2 heterocycles. The highest BCUT2D eigenvalue weighted by Gasteiger charge is 2.49. The summed E-state index contributed by atoms with van der Waals surface area (Å²) in [6.07, 6.45) is 2.83. The first kappa shape index (κ1) is 24.4. The zero-order valence-electron chi connectivity index (χ0n) is 21.1. The average Bonchev–Trinajstić information content (AvgIpc) is 3.30. The Hall–Kier alpha value is -2.91. The van der Waals surface area contributed by atoms with Crippen molar-refractivity contribution in [3.05, 3.63) is 35.5 Å². The minimum absolute atomic E-state index is 0.0935. The van der Waals surface area contributed by atoms with E-state index in [1.807, 2.05) is 0 Å². The zero-order chi connectivity index (χ0) is 25.9. The van der Waals surface area contributed by atoms with Gasteiger partial charge in [0.05, 0.1) is 26.5 Å². The zero-order valence-corrected chi connectivity index (χ0v) is 21.1. The van der Waals surface area contributed by atoms with Crippen LogP contribution in [-0.2, 0) is 0 Å². The number of carbonyl (C=O) groups excluding carboxylic acids is 1. The quantitative estimate of drug-likeness (QED) is 0.538. The molecule has 4 fully saturated rings. The molecule has 200 valence electrons. The van der Waals surface area contributed by atoms with Gasteiger partial charge in [0.1, 0.15) is 11.4 Å². The van der Waals surface area contributed by atoms with Crippen molar-refractivity contribution < 1.29 is 27.4 Å². The Bertz CT molecular complexity index is 1150. The molecule has 2 aromatic rings. The van der Waals surface area contributed by atoms with E-state index in [9.17, 15) is 18.0 Å². The molecule has 5 aliphatic rings. The summed E-state index contributed by atoms with van der Waals surface area (Å²) < 4.78 is 53.9. The van der Waals surface area contributed by atoms with E-state index >= 15 is 0 Å². The van der Waals surface area contributed by atoms with Crippen LogP contribution in [0.1, 0.15) is 66.5 Å². The summed E-state index contributed by atoms with van der Waals surface area (Å²) in [7, 11) is 2.98. The Morgan fingerprint density at radius 2 is 1.73 bits per heavy atom. The highest BCUT2D eigenvalue weighted by atomic mass is 19.4. The van der Waals surface area contributed by atoms with Gasteiger partial charge in [-0.05, 0) is 79.4 Å². The lowest BCUT2D eigenvalue weighted by Gasteiger charge is -2.54. The van der Waals surface area contributed by atoms with Gasteiger partial charge >= 0.3 is 6.18 Å². The molecular weight excluding hydrogens is 485 g/mol. The molecular formula is C27H33F3N4O3. The topological polar surface area (TPSA) is 77.4 Å². The minimum atomic E-state index is -4.52. The van der Waals surface area contributed by atoms with Crippen molar-refractivity contribution in [3.63, 3.8) is 0 Å². The van der Waals surface area contributed by atoms with Gasteiger partial charge in [0.15, 0.2) is 17.5 Å². The van der Waals surface area contributed by atoms with E-state index in [0.29, 0.717) is 41.4 Å². The molecule has 10 heteroatoms. The molecule has 37 heavy (non-hydrogen) atoms. The lowest BCUT2D eigenvalue weighted by Crippen LogP contribution is -2.49. The number of halogens is 3. The third-order valence-corrected chi connectivity index (χ3v) is 9.21. The van der Waals surface area contributed by atoms with E-state index in [2.05, 4.69) is 15.7 Å². The van der Waals surface area contributed by atoms with Crippen LogP contribution in [0.4, 0.5) is 19.0 Å². The minimum Gasteiger partial charge on any atom is -0.493 e. The molecule has 2 unspecified atom stereocenters. The molecule has 1 amide bonds. The van der Waals surface area contributed by atoms with Crippen molar-refractivity contribution in [3.8, 4) is 11.5 Å². The van der Waals surface area contributed by atoms with Gasteiger partial charge in [-0.15, -0.1) is 0 Å². The van der Waals surface area contributed by atoms with Gasteiger partial charge in [-0.1, -0.05) is 6.07 Å². The maximum absolute atomic E-state index is 14.1. The number of nitrogens with one attached hydrogen (secondary N) is 2. The van der Waals surface area contributed by atoms with Gasteiger partial charge in [-0.25, -0.2) is 4.68 Å². The van der Waals surface area contributed by atoms with E-state index in [-0.39, 0.29) is 23.7 Å². The van der Waals surface area contributed by atoms with Crippen molar-refractivity contribution in [1.82, 2.24) is 15.1 Å². The first-order chi connectivity index (χ1) is 17.7. The number of rotatable bonds is 6. The number of anilines is 1. The van der Waals surface area contributed by atoms with E-state index < -0.39 is 18.3 Å². The van der Waals surface area contributed by atoms with Crippen LogP contribution in [0.5, 0.6) is 11.5 Å². The number of carbonyl (C=O) groups is 1. The molecule has 0 saturated heterocycles. The van der Waals surface area contributed by atoms with Crippen LogP contribution in [0.25, 0.3) is 0 Å². The summed E-state index contributed by atoms with van der Waals surface area (Å²) >= 11 is 0. The van der Waals surface area contributed by atoms with Crippen LogP contribution >= 0.6 is 0 Å². The molecule has 4 saturated carbocycles. The smallest absolute Gasteiger partial charge is 0.410 e. The van der Waals surface area contributed by atoms with E-state index in [4.69, 9.17) is 9.47 Å². The van der Waals surface area contributed by atoms with E-state index in [0.717, 1.165) is 16.5 Å². The summed E-state index contributed by atoms with van der Waals surface area (Å²) in [6.45, 7) is 0.569. The molecule has 2 N–H and O–H groups in total. The lowest BCUT2D eigenvalue weighted by molar-refractivity contribution is -0.173. The van der Waals surface area contributed by atoms with Gasteiger partial charge < -0.3 is 20.1 Å². The number of hydrogen-bond donors (Lipinski definition) is 2. The second-order valence-corrected chi connectivity index (χ2v) is 11.3. The molecule has 2 atom stereocenters. The number of ether oxygens (including phenoxy) is 2. The van der Waals surface area contributed by atoms with Crippen LogP contribution in [0.15, 0.2) is 24.4 Å². The Morgan fingerprint density at radius 1 is 1.05 bits per heavy atom. The number of benzene rings is 1. The summed E-state index contributed by atoms with van der Waals surface area (Å²) in [5, 5.41) is 10.2. The Balaban J connectivity index is 1.23. The molecule has 1 aliphatic heterocycles. The Labute approximate surface area is 214 Å². The first-order valence-corrected chi connectivity index (χ1v) is 13.2. The van der Waals surface area contributed by atoms with Crippen LogP contribution in [0, 0.1) is 29.6 Å². The molecule has 4 aliphatic carbocycles. The predicted molar refractivity (Wildman–Crippen MR) is 131 cm³/mol. The predicted octanol–water partition coefficient (Wildman–Crippen LogP) is 5.36. The fraction of sp³-hybridized carbons (Fsp3) is 0.630. The molecule has 4 bridgehead atoms. The first-order valence-electron chi connectivity index (χ1n) is 13.2. The molecule has 1 aromatic carbocycles. The van der Waals surface area contributed by atoms with Crippen LogP contribution in [0.3, 0.4) is 0 Å². The third-order valence-electron chi connectivity index (χ3n) is 9.21. The van der Waals surface area contributed by atoms with Gasteiger partial charge in [-0.2, -0.15) is 18.3 Å². The van der Waals surface area contributed by atoms with Crippen LogP contribution in [-0.4, -0.2) is 42.6 Å². The maximum Gasteiger partial charge on any atom is 0.410 e. The van der Waals surface area contributed by atoms with E-state index in [1.54, 1.807) is 18.2 Å². The van der Waals surface area contributed by atoms with Crippen molar-refractivity contribution >= 4 is 11.7 Å². The van der Waals surface area contributed by atoms with Gasteiger partial charge in [0, 0.05) is 13.0 Å². The number of fused-ring (bicyclic) bond motifs is 1. The maximum atomic E-state index is 14.1. The van der Waals surface area contributed by atoms with Crippen molar-refractivity contribution in [1.29, 1.82) is 0 Å². The van der Waals surface area contributed by atoms with Crippen LogP contribution < -0.4 is 20.1 Å². The second kappa shape index (κ2) is 9.13. The molecule has 7 rings (SSSR count). The molecule has 7 nitrogen and oxygen atoms in total. The Morgan fingerprint density at radius 3 is 2.35 bits per heavy atom. The molecule has 0 radical (unpaired) electrons. The normalized spacial score (nSPS) is 32.0. The number of nitrogens with zero attached hydrogens (tertiary/aromatic N) is 2. The van der Waals surface area contributed by atoms with Gasteiger partial charge in [-0.3, -0.25) is 4.79 Å².